The minimum Gasteiger partial charge on any atom is -0.312 e. The van der Waals surface area contributed by atoms with Gasteiger partial charge in [0.1, 0.15) is 5.37 Å². The van der Waals surface area contributed by atoms with E-state index in [-0.39, 0.29) is 11.4 Å². The summed E-state index contributed by atoms with van der Waals surface area (Å²) in [6, 6.07) is 16.3. The first kappa shape index (κ1) is 12.7. The maximum atomic E-state index is 10.6. The summed E-state index contributed by atoms with van der Waals surface area (Å²) in [5, 5.41) is 13.3. The molecule has 0 radical (unpaired) electrons. The van der Waals surface area contributed by atoms with E-state index >= 15 is 0 Å². The molecule has 1 N–H and O–H groups in total. The normalized spacial score (nSPS) is 28.4. The second-order valence-electron chi connectivity index (χ2n) is 5.31. The smallest absolute Gasteiger partial charge is 0.106 e. The fourth-order valence-electron chi connectivity index (χ4n) is 3.23. The van der Waals surface area contributed by atoms with Gasteiger partial charge in [0.05, 0.1) is 6.04 Å². The molecular formula is C16H14ClNOS. The molecule has 2 aliphatic rings. The van der Waals surface area contributed by atoms with E-state index in [1.54, 1.807) is 0 Å². The quantitative estimate of drug-likeness (QED) is 0.842. The predicted molar refractivity (Wildman–Crippen MR) is 82.1 cm³/mol. The van der Waals surface area contributed by atoms with E-state index in [0.29, 0.717) is 5.25 Å². The van der Waals surface area contributed by atoms with Crippen LogP contribution in [0.25, 0.3) is 0 Å². The first-order chi connectivity index (χ1) is 9.74. The predicted octanol–water partition coefficient (Wildman–Crippen LogP) is 4.44. The highest BCUT2D eigenvalue weighted by Gasteiger charge is 2.47. The average molecular weight is 304 g/mol. The second kappa shape index (κ2) is 4.78. The van der Waals surface area contributed by atoms with E-state index in [2.05, 4.69) is 18.2 Å². The highest BCUT2D eigenvalue weighted by atomic mass is 35.5. The third kappa shape index (κ3) is 1.89. The molecule has 1 fully saturated rings. The van der Waals surface area contributed by atoms with E-state index in [4.69, 9.17) is 11.6 Å². The van der Waals surface area contributed by atoms with Crippen LogP contribution in [0.5, 0.6) is 0 Å². The van der Waals surface area contributed by atoms with E-state index in [0.717, 1.165) is 17.0 Å². The molecule has 0 amide bonds. The number of halogens is 1. The molecule has 3 atom stereocenters. The Morgan fingerprint density at radius 1 is 1.15 bits per heavy atom. The van der Waals surface area contributed by atoms with Crippen LogP contribution in [0.1, 0.15) is 28.1 Å². The number of thioether (sulfide) groups is 1. The molecule has 0 spiro atoms. The van der Waals surface area contributed by atoms with Crippen LogP contribution in [0.15, 0.2) is 48.5 Å². The molecule has 0 bridgehead atoms. The van der Waals surface area contributed by atoms with Crippen LogP contribution in [0.3, 0.4) is 0 Å². The molecule has 102 valence electrons. The number of fused-ring (bicyclic) bond motifs is 3. The van der Waals surface area contributed by atoms with Gasteiger partial charge in [0.2, 0.25) is 0 Å². The summed E-state index contributed by atoms with van der Waals surface area (Å²) in [4.78, 5) is 0. The van der Waals surface area contributed by atoms with Gasteiger partial charge in [0, 0.05) is 10.3 Å². The van der Waals surface area contributed by atoms with E-state index in [1.165, 1.54) is 16.2 Å². The summed E-state index contributed by atoms with van der Waals surface area (Å²) in [6.45, 7) is 0. The molecule has 2 nitrogen and oxygen atoms in total. The highest BCUT2D eigenvalue weighted by Crippen LogP contribution is 2.56. The number of hydrogen-bond donors (Lipinski definition) is 1. The van der Waals surface area contributed by atoms with Crippen molar-refractivity contribution >= 4 is 23.4 Å². The lowest BCUT2D eigenvalue weighted by Crippen LogP contribution is -2.23. The van der Waals surface area contributed by atoms with Gasteiger partial charge in [0.25, 0.3) is 0 Å². The van der Waals surface area contributed by atoms with Crippen molar-refractivity contribution in [1.82, 2.24) is 5.06 Å². The minimum atomic E-state index is 0.0232. The zero-order valence-electron chi connectivity index (χ0n) is 10.7. The number of hydrogen-bond acceptors (Lipinski definition) is 3. The molecule has 1 aliphatic carbocycles. The molecule has 1 aliphatic heterocycles. The Hall–Kier alpha value is -1.00. The van der Waals surface area contributed by atoms with Gasteiger partial charge in [-0.2, -0.15) is 5.06 Å². The maximum absolute atomic E-state index is 10.6. The molecule has 20 heavy (non-hydrogen) atoms. The van der Waals surface area contributed by atoms with Crippen molar-refractivity contribution in [1.29, 1.82) is 0 Å². The highest BCUT2D eigenvalue weighted by molar-refractivity contribution is 8.00. The molecule has 1 heterocycles. The van der Waals surface area contributed by atoms with Crippen LogP contribution in [0.2, 0.25) is 5.02 Å². The van der Waals surface area contributed by atoms with Crippen molar-refractivity contribution in [2.75, 3.05) is 0 Å². The van der Waals surface area contributed by atoms with Gasteiger partial charge in [0.15, 0.2) is 0 Å². The molecule has 1 saturated heterocycles. The van der Waals surface area contributed by atoms with Gasteiger partial charge in [-0.15, -0.1) is 11.8 Å². The fourth-order valence-corrected chi connectivity index (χ4v) is 5.02. The largest absolute Gasteiger partial charge is 0.312 e. The monoisotopic (exact) mass is 303 g/mol. The zero-order valence-corrected chi connectivity index (χ0v) is 12.3. The van der Waals surface area contributed by atoms with Gasteiger partial charge < -0.3 is 5.21 Å². The topological polar surface area (TPSA) is 23.5 Å². The lowest BCUT2D eigenvalue weighted by Gasteiger charge is -2.22. The van der Waals surface area contributed by atoms with Gasteiger partial charge in [-0.25, -0.2) is 0 Å². The third-order valence-electron chi connectivity index (χ3n) is 4.11. The molecule has 0 saturated carbocycles. The summed E-state index contributed by atoms with van der Waals surface area (Å²) in [5.74, 6) is 0. The first-order valence-electron chi connectivity index (χ1n) is 6.70. The SMILES string of the molecule is ON1C(c2ccccc2)SC2Cc3cc(Cl)ccc3C21. The Morgan fingerprint density at radius 3 is 2.75 bits per heavy atom. The summed E-state index contributed by atoms with van der Waals surface area (Å²) < 4.78 is 0. The van der Waals surface area contributed by atoms with E-state index < -0.39 is 0 Å². The summed E-state index contributed by atoms with van der Waals surface area (Å²) >= 11 is 7.90. The van der Waals surface area contributed by atoms with Crippen LogP contribution in [-0.2, 0) is 6.42 Å². The standard InChI is InChI=1S/C16H14ClNOS/c17-12-6-7-13-11(8-12)9-14-15(13)18(19)16(20-14)10-4-2-1-3-5-10/h1-8,14-16,19H,9H2. The van der Waals surface area contributed by atoms with Gasteiger partial charge in [-0.3, -0.25) is 0 Å². The average Bonchev–Trinajstić information content (AvgIpc) is 2.96. The first-order valence-corrected chi connectivity index (χ1v) is 8.02. The maximum Gasteiger partial charge on any atom is 0.106 e. The van der Waals surface area contributed by atoms with Gasteiger partial charge in [-0.1, -0.05) is 48.0 Å². The molecule has 2 aromatic rings. The van der Waals surface area contributed by atoms with Crippen molar-refractivity contribution in [3.63, 3.8) is 0 Å². The Bertz CT molecular complexity index is 648. The number of benzene rings is 2. The number of rotatable bonds is 1. The fraction of sp³-hybridized carbons (Fsp3) is 0.250. The molecular weight excluding hydrogens is 290 g/mol. The van der Waals surface area contributed by atoms with Crippen LogP contribution in [0.4, 0.5) is 0 Å². The summed E-state index contributed by atoms with van der Waals surface area (Å²) in [5.41, 5.74) is 3.64. The van der Waals surface area contributed by atoms with Crippen LogP contribution < -0.4 is 0 Å². The Kier molecular flexibility index (Phi) is 3.04. The van der Waals surface area contributed by atoms with Crippen molar-refractivity contribution < 1.29 is 5.21 Å². The van der Waals surface area contributed by atoms with Crippen molar-refractivity contribution in [3.05, 3.63) is 70.2 Å². The summed E-state index contributed by atoms with van der Waals surface area (Å²) in [7, 11) is 0. The number of hydroxylamine groups is 2. The Balaban J connectivity index is 1.69. The van der Waals surface area contributed by atoms with E-state index in [1.807, 2.05) is 42.1 Å². The third-order valence-corrected chi connectivity index (χ3v) is 5.87. The molecule has 4 rings (SSSR count). The van der Waals surface area contributed by atoms with Crippen molar-refractivity contribution in [2.45, 2.75) is 23.1 Å². The second-order valence-corrected chi connectivity index (χ2v) is 7.07. The lowest BCUT2D eigenvalue weighted by atomic mass is 10.1. The molecule has 4 heteroatoms. The van der Waals surface area contributed by atoms with Crippen LogP contribution >= 0.6 is 23.4 Å². The van der Waals surface area contributed by atoms with Gasteiger partial charge in [-0.05, 0) is 35.2 Å². The van der Waals surface area contributed by atoms with Gasteiger partial charge >= 0.3 is 0 Å². The number of nitrogens with zero attached hydrogens (tertiary/aromatic N) is 1. The zero-order chi connectivity index (χ0) is 13.7. The summed E-state index contributed by atoms with van der Waals surface area (Å²) in [6.07, 6.45) is 0.978. The molecule has 0 aromatic heterocycles. The van der Waals surface area contributed by atoms with Crippen LogP contribution in [0, 0.1) is 0 Å². The Labute approximate surface area is 127 Å². The minimum absolute atomic E-state index is 0.0232. The molecule has 2 aromatic carbocycles. The van der Waals surface area contributed by atoms with Crippen molar-refractivity contribution in [3.8, 4) is 0 Å². The molecule has 3 unspecified atom stereocenters. The lowest BCUT2D eigenvalue weighted by molar-refractivity contribution is -0.129. The Morgan fingerprint density at radius 2 is 1.95 bits per heavy atom. The van der Waals surface area contributed by atoms with E-state index in [9.17, 15) is 5.21 Å². The van der Waals surface area contributed by atoms with Crippen molar-refractivity contribution in [2.24, 2.45) is 0 Å². The van der Waals surface area contributed by atoms with Crippen LogP contribution in [-0.4, -0.2) is 15.5 Å².